The predicted octanol–water partition coefficient (Wildman–Crippen LogP) is 1.02. The van der Waals surface area contributed by atoms with E-state index in [0.717, 1.165) is 11.1 Å². The van der Waals surface area contributed by atoms with Crippen LogP contribution in [0.15, 0.2) is 24.3 Å². The maximum absolute atomic E-state index is 11.2. The molecule has 15 heavy (non-hydrogen) atoms. The van der Waals surface area contributed by atoms with Gasteiger partial charge in [0.2, 0.25) is 10.0 Å². The average Bonchev–Trinajstić information content (AvgIpc) is 2.17. The first-order valence-corrected chi connectivity index (χ1v) is 6.27. The number of benzene rings is 1. The van der Waals surface area contributed by atoms with Crippen molar-refractivity contribution in [2.45, 2.75) is 13.3 Å². The van der Waals surface area contributed by atoms with Gasteiger partial charge in [-0.05, 0) is 18.9 Å². The molecule has 0 spiro atoms. The first-order chi connectivity index (χ1) is 7.03. The normalized spacial score (nSPS) is 11.6. The van der Waals surface area contributed by atoms with E-state index < -0.39 is 10.0 Å². The minimum Gasteiger partial charge on any atom is -0.290 e. The molecule has 1 N–H and O–H groups in total. The molecule has 0 bridgehead atoms. The summed E-state index contributed by atoms with van der Waals surface area (Å²) in [5, 5.41) is 0. The van der Waals surface area contributed by atoms with Crippen molar-refractivity contribution in [1.82, 2.24) is 4.89 Å². The Morgan fingerprint density at radius 2 is 1.87 bits per heavy atom. The molecule has 0 heterocycles. The molecular formula is C10H15NO3S. The van der Waals surface area contributed by atoms with E-state index in [1.54, 1.807) is 0 Å². The zero-order valence-corrected chi connectivity index (χ0v) is 9.67. The largest absolute Gasteiger partial charge is 0.290 e. The monoisotopic (exact) mass is 229 g/mol. The summed E-state index contributed by atoms with van der Waals surface area (Å²) in [6.07, 6.45) is 0.485. The van der Waals surface area contributed by atoms with Crippen LogP contribution in [0.3, 0.4) is 0 Å². The fourth-order valence-corrected chi connectivity index (χ4v) is 2.02. The smallest absolute Gasteiger partial charge is 0.233 e. The fourth-order valence-electron chi connectivity index (χ4n) is 1.18. The lowest BCUT2D eigenvalue weighted by atomic mass is 10.1. The second-order valence-electron chi connectivity index (χ2n) is 3.34. The molecule has 0 saturated carbocycles. The molecule has 0 radical (unpaired) electrons. The predicted molar refractivity (Wildman–Crippen MR) is 58.8 cm³/mol. The average molecular weight is 229 g/mol. The summed E-state index contributed by atoms with van der Waals surface area (Å²) in [5.41, 5.74) is 2.17. The number of sulfonamides is 1. The Bertz CT molecular complexity index is 397. The van der Waals surface area contributed by atoms with E-state index in [2.05, 4.69) is 4.84 Å². The van der Waals surface area contributed by atoms with Crippen molar-refractivity contribution in [2.24, 2.45) is 0 Å². The molecule has 0 saturated heterocycles. The number of rotatable bonds is 5. The van der Waals surface area contributed by atoms with Crippen LogP contribution in [0.5, 0.6) is 0 Å². The van der Waals surface area contributed by atoms with Gasteiger partial charge >= 0.3 is 0 Å². The summed E-state index contributed by atoms with van der Waals surface area (Å²) < 4.78 is 22.5. The summed E-state index contributed by atoms with van der Waals surface area (Å²) >= 11 is 0. The van der Waals surface area contributed by atoms with E-state index in [0.29, 0.717) is 6.42 Å². The van der Waals surface area contributed by atoms with E-state index >= 15 is 0 Å². The van der Waals surface area contributed by atoms with Crippen molar-refractivity contribution in [3.8, 4) is 0 Å². The lowest BCUT2D eigenvalue weighted by Crippen LogP contribution is -2.26. The van der Waals surface area contributed by atoms with Crippen molar-refractivity contribution in [2.75, 3.05) is 12.9 Å². The van der Waals surface area contributed by atoms with E-state index in [1.165, 1.54) is 7.11 Å². The quantitative estimate of drug-likeness (QED) is 0.767. The van der Waals surface area contributed by atoms with Gasteiger partial charge in [-0.15, -0.1) is 0 Å². The van der Waals surface area contributed by atoms with Crippen LogP contribution in [0.25, 0.3) is 0 Å². The van der Waals surface area contributed by atoms with Crippen LogP contribution in [0, 0.1) is 6.92 Å². The van der Waals surface area contributed by atoms with Gasteiger partial charge < -0.3 is 0 Å². The Morgan fingerprint density at radius 1 is 1.27 bits per heavy atom. The molecule has 0 aromatic heterocycles. The molecule has 0 fully saturated rings. The highest BCUT2D eigenvalue weighted by Gasteiger charge is 2.08. The Balaban J connectivity index is 2.54. The number of nitrogens with one attached hydrogen (secondary N) is 1. The molecule has 0 unspecified atom stereocenters. The SMILES string of the molecule is CONS(=O)(=O)CCc1ccc(C)cc1. The lowest BCUT2D eigenvalue weighted by Gasteiger charge is -2.04. The van der Waals surface area contributed by atoms with Gasteiger partial charge in [0.25, 0.3) is 0 Å². The van der Waals surface area contributed by atoms with Crippen LogP contribution in [-0.4, -0.2) is 21.3 Å². The second kappa shape index (κ2) is 5.25. The molecule has 0 aliphatic rings. The van der Waals surface area contributed by atoms with E-state index in [4.69, 9.17) is 0 Å². The third-order valence-electron chi connectivity index (χ3n) is 1.99. The van der Waals surface area contributed by atoms with Crippen molar-refractivity contribution in [3.63, 3.8) is 0 Å². The maximum Gasteiger partial charge on any atom is 0.233 e. The van der Waals surface area contributed by atoms with Crippen molar-refractivity contribution >= 4 is 10.0 Å². The van der Waals surface area contributed by atoms with Gasteiger partial charge in [0, 0.05) is 0 Å². The summed E-state index contributed by atoms with van der Waals surface area (Å²) in [7, 11) is -2.03. The highest BCUT2D eigenvalue weighted by atomic mass is 32.2. The summed E-state index contributed by atoms with van der Waals surface area (Å²) in [4.78, 5) is 6.35. The van der Waals surface area contributed by atoms with Crippen LogP contribution >= 0.6 is 0 Å². The Labute approximate surface area is 90.3 Å². The molecule has 4 nitrogen and oxygen atoms in total. The van der Waals surface area contributed by atoms with Crippen LogP contribution in [-0.2, 0) is 21.3 Å². The first kappa shape index (κ1) is 12.2. The van der Waals surface area contributed by atoms with E-state index in [9.17, 15) is 8.42 Å². The molecule has 0 aliphatic carbocycles. The number of hydrogen-bond acceptors (Lipinski definition) is 3. The van der Waals surface area contributed by atoms with Gasteiger partial charge in [-0.25, -0.2) is 8.42 Å². The molecule has 1 aromatic carbocycles. The zero-order chi connectivity index (χ0) is 11.3. The minimum atomic E-state index is -3.31. The van der Waals surface area contributed by atoms with Crippen LogP contribution in [0.4, 0.5) is 0 Å². The van der Waals surface area contributed by atoms with Gasteiger partial charge in [0.15, 0.2) is 0 Å². The molecule has 0 amide bonds. The first-order valence-electron chi connectivity index (χ1n) is 4.61. The Morgan fingerprint density at radius 3 is 2.40 bits per heavy atom. The fraction of sp³-hybridized carbons (Fsp3) is 0.400. The van der Waals surface area contributed by atoms with Crippen LogP contribution < -0.4 is 4.89 Å². The molecular weight excluding hydrogens is 214 g/mol. The van der Waals surface area contributed by atoms with Gasteiger partial charge in [0.05, 0.1) is 12.9 Å². The number of hydrogen-bond donors (Lipinski definition) is 1. The Hall–Kier alpha value is -0.910. The standard InChI is InChI=1S/C10H15NO3S/c1-9-3-5-10(6-4-9)7-8-15(12,13)11-14-2/h3-6,11H,7-8H2,1-2H3. The molecule has 1 aromatic rings. The summed E-state index contributed by atoms with van der Waals surface area (Å²) in [6, 6.07) is 7.78. The van der Waals surface area contributed by atoms with E-state index in [-0.39, 0.29) is 5.75 Å². The third kappa shape index (κ3) is 4.42. The Kier molecular flexibility index (Phi) is 4.26. The van der Waals surface area contributed by atoms with Crippen LogP contribution in [0.1, 0.15) is 11.1 Å². The minimum absolute atomic E-state index is 0.0316. The van der Waals surface area contributed by atoms with Crippen molar-refractivity contribution in [1.29, 1.82) is 0 Å². The molecule has 5 heteroatoms. The van der Waals surface area contributed by atoms with Gasteiger partial charge in [0.1, 0.15) is 0 Å². The molecule has 0 aliphatic heterocycles. The maximum atomic E-state index is 11.2. The molecule has 0 atom stereocenters. The van der Waals surface area contributed by atoms with Crippen LogP contribution in [0.2, 0.25) is 0 Å². The van der Waals surface area contributed by atoms with E-state index in [1.807, 2.05) is 36.1 Å². The van der Waals surface area contributed by atoms with Crippen molar-refractivity contribution in [3.05, 3.63) is 35.4 Å². The topological polar surface area (TPSA) is 55.4 Å². The molecule has 1 rings (SSSR count). The number of aryl methyl sites for hydroxylation is 2. The zero-order valence-electron chi connectivity index (χ0n) is 8.86. The molecule has 84 valence electrons. The lowest BCUT2D eigenvalue weighted by molar-refractivity contribution is 0.153. The highest BCUT2D eigenvalue weighted by molar-refractivity contribution is 7.89. The van der Waals surface area contributed by atoms with Gasteiger partial charge in [-0.2, -0.15) is 0 Å². The van der Waals surface area contributed by atoms with Gasteiger partial charge in [-0.3, -0.25) is 4.84 Å². The van der Waals surface area contributed by atoms with Gasteiger partial charge in [-0.1, -0.05) is 34.7 Å². The highest BCUT2D eigenvalue weighted by Crippen LogP contribution is 2.04. The summed E-state index contributed by atoms with van der Waals surface area (Å²) in [6.45, 7) is 1.99. The third-order valence-corrected chi connectivity index (χ3v) is 3.15. The van der Waals surface area contributed by atoms with Crippen molar-refractivity contribution < 1.29 is 13.3 Å². The summed E-state index contributed by atoms with van der Waals surface area (Å²) in [5.74, 6) is 0.0316. The second-order valence-corrected chi connectivity index (χ2v) is 5.15.